The number of aromatic nitrogens is 4. The quantitative estimate of drug-likeness (QED) is 0.252. The molecule has 7 nitrogen and oxygen atoms in total. The molecule has 5 rings (SSSR count). The third-order valence-electron chi connectivity index (χ3n) is 5.34. The molecule has 182 valence electrons. The van der Waals surface area contributed by atoms with Gasteiger partial charge in [-0.3, -0.25) is 0 Å². The van der Waals surface area contributed by atoms with Gasteiger partial charge < -0.3 is 0 Å². The molecule has 2 heterocycles. The number of hydrogen-bond donors (Lipinski definition) is 1. The van der Waals surface area contributed by atoms with Crippen LogP contribution in [-0.2, 0) is 10.0 Å². The number of rotatable bonds is 5. The van der Waals surface area contributed by atoms with Crippen molar-refractivity contribution in [3.8, 4) is 33.9 Å². The van der Waals surface area contributed by atoms with E-state index >= 15 is 0 Å². The molecule has 36 heavy (non-hydrogen) atoms. The third-order valence-corrected chi connectivity index (χ3v) is 7.31. The summed E-state index contributed by atoms with van der Waals surface area (Å²) in [5.41, 5.74) is 3.37. The van der Waals surface area contributed by atoms with Crippen molar-refractivity contribution in [3.63, 3.8) is 0 Å². The zero-order valence-corrected chi connectivity index (χ0v) is 21.9. The Labute approximate surface area is 226 Å². The van der Waals surface area contributed by atoms with Gasteiger partial charge in [-0.1, -0.05) is 70.7 Å². The van der Waals surface area contributed by atoms with Gasteiger partial charge in [-0.25, -0.2) is 22.9 Å². The van der Waals surface area contributed by atoms with E-state index in [0.29, 0.717) is 42.9 Å². The fourth-order valence-electron chi connectivity index (χ4n) is 3.62. The normalized spacial score (nSPS) is 11.7. The standard InChI is InChI=1S/C24H15Cl4N5O2S/c25-16-5-1-14(2-6-16)23-19(27)12-32(30-23)21-10-9-18(36(29,34)35)11-22(21)33-13-20(28)24(31-33)15-3-7-17(26)8-4-15/h1-13H,(H2,29,34,35). The summed E-state index contributed by atoms with van der Waals surface area (Å²) in [7, 11) is -4.00. The lowest BCUT2D eigenvalue weighted by Gasteiger charge is -2.11. The number of hydrogen-bond acceptors (Lipinski definition) is 4. The number of nitrogens with two attached hydrogens (primary N) is 1. The predicted molar refractivity (Wildman–Crippen MR) is 143 cm³/mol. The van der Waals surface area contributed by atoms with E-state index < -0.39 is 10.0 Å². The monoisotopic (exact) mass is 577 g/mol. The minimum absolute atomic E-state index is 0.0999. The molecule has 0 unspecified atom stereocenters. The second-order valence-electron chi connectivity index (χ2n) is 7.75. The average Bonchev–Trinajstić information content (AvgIpc) is 3.42. The molecule has 0 amide bonds. The molecule has 0 spiro atoms. The van der Waals surface area contributed by atoms with Crippen LogP contribution in [-0.4, -0.2) is 28.0 Å². The summed E-state index contributed by atoms with van der Waals surface area (Å²) in [5, 5.41) is 16.5. The van der Waals surface area contributed by atoms with Gasteiger partial charge in [0.15, 0.2) is 0 Å². The Hall–Kier alpha value is -2.85. The van der Waals surface area contributed by atoms with Gasteiger partial charge in [-0.15, -0.1) is 0 Å². The molecular formula is C24H15Cl4N5O2S. The Kier molecular flexibility index (Phi) is 6.59. The highest BCUT2D eigenvalue weighted by Gasteiger charge is 2.19. The average molecular weight is 579 g/mol. The molecule has 5 aromatic rings. The molecule has 0 aliphatic rings. The van der Waals surface area contributed by atoms with Crippen molar-refractivity contribution >= 4 is 56.4 Å². The van der Waals surface area contributed by atoms with Crippen LogP contribution in [0.2, 0.25) is 20.1 Å². The summed E-state index contributed by atoms with van der Waals surface area (Å²) in [6.07, 6.45) is 3.19. The Morgan fingerprint density at radius 3 is 1.53 bits per heavy atom. The topological polar surface area (TPSA) is 95.8 Å². The van der Waals surface area contributed by atoms with Gasteiger partial charge in [-0.05, 0) is 42.5 Å². The Bertz CT molecular complexity index is 1700. The van der Waals surface area contributed by atoms with Gasteiger partial charge >= 0.3 is 0 Å². The van der Waals surface area contributed by atoms with Crippen LogP contribution in [0, 0.1) is 0 Å². The van der Waals surface area contributed by atoms with Gasteiger partial charge in [0.05, 0.1) is 38.7 Å². The summed E-state index contributed by atoms with van der Waals surface area (Å²) in [4.78, 5) is -0.0999. The van der Waals surface area contributed by atoms with E-state index in [1.807, 2.05) is 0 Å². The molecule has 0 aliphatic heterocycles. The molecule has 0 atom stereocenters. The highest BCUT2D eigenvalue weighted by atomic mass is 35.5. The van der Waals surface area contributed by atoms with Crippen molar-refractivity contribution in [3.05, 3.63) is 99.2 Å². The van der Waals surface area contributed by atoms with E-state index in [1.54, 1.807) is 67.0 Å². The van der Waals surface area contributed by atoms with Crippen molar-refractivity contribution in [2.45, 2.75) is 4.90 Å². The predicted octanol–water partition coefficient (Wildman–Crippen LogP) is 6.65. The number of halogens is 4. The molecule has 0 fully saturated rings. The largest absolute Gasteiger partial charge is 0.238 e. The van der Waals surface area contributed by atoms with Crippen LogP contribution in [0.4, 0.5) is 0 Å². The first kappa shape index (κ1) is 24.8. The van der Waals surface area contributed by atoms with Gasteiger partial charge in [-0.2, -0.15) is 10.2 Å². The lowest BCUT2D eigenvalue weighted by atomic mass is 10.2. The second-order valence-corrected chi connectivity index (χ2v) is 11.0. The number of nitrogens with zero attached hydrogens (tertiary/aromatic N) is 4. The molecule has 0 aliphatic carbocycles. The van der Waals surface area contributed by atoms with Crippen molar-refractivity contribution < 1.29 is 8.42 Å². The van der Waals surface area contributed by atoms with Crippen LogP contribution in [0.3, 0.4) is 0 Å². The van der Waals surface area contributed by atoms with E-state index in [0.717, 1.165) is 11.1 Å². The van der Waals surface area contributed by atoms with Gasteiger partial charge in [0.1, 0.15) is 11.4 Å². The number of primary sulfonamides is 1. The first-order valence-corrected chi connectivity index (χ1v) is 13.4. The van der Waals surface area contributed by atoms with Crippen LogP contribution in [0.25, 0.3) is 33.9 Å². The van der Waals surface area contributed by atoms with E-state index in [9.17, 15) is 8.42 Å². The molecule has 2 aromatic heterocycles. The third kappa shape index (κ3) is 4.88. The zero-order valence-electron chi connectivity index (χ0n) is 18.1. The lowest BCUT2D eigenvalue weighted by molar-refractivity contribution is 0.597. The molecule has 12 heteroatoms. The van der Waals surface area contributed by atoms with Crippen LogP contribution in [0.1, 0.15) is 0 Å². The van der Waals surface area contributed by atoms with Crippen LogP contribution in [0.5, 0.6) is 0 Å². The molecule has 0 radical (unpaired) electrons. The lowest BCUT2D eigenvalue weighted by Crippen LogP contribution is -2.14. The highest BCUT2D eigenvalue weighted by Crippen LogP contribution is 2.33. The van der Waals surface area contributed by atoms with Gasteiger partial charge in [0.25, 0.3) is 0 Å². The first-order valence-electron chi connectivity index (χ1n) is 10.3. The smallest absolute Gasteiger partial charge is 0.237 e. The van der Waals surface area contributed by atoms with E-state index in [4.69, 9.17) is 51.5 Å². The maximum Gasteiger partial charge on any atom is 0.238 e. The molecule has 0 saturated heterocycles. The zero-order chi connectivity index (χ0) is 25.6. The molecular weight excluding hydrogens is 564 g/mol. The summed E-state index contributed by atoms with van der Waals surface area (Å²) in [5.74, 6) is 0. The van der Waals surface area contributed by atoms with Crippen LogP contribution >= 0.6 is 46.4 Å². The Morgan fingerprint density at radius 2 is 1.08 bits per heavy atom. The van der Waals surface area contributed by atoms with Crippen LogP contribution < -0.4 is 5.14 Å². The maximum atomic E-state index is 12.1. The van der Waals surface area contributed by atoms with Gasteiger partial charge in [0.2, 0.25) is 10.0 Å². The number of benzene rings is 3. The van der Waals surface area contributed by atoms with E-state index in [1.165, 1.54) is 21.5 Å². The molecule has 3 aromatic carbocycles. The fourth-order valence-corrected chi connectivity index (χ4v) is 4.88. The SMILES string of the molecule is NS(=O)(=O)c1ccc(-n2cc(Cl)c(-c3ccc(Cl)cc3)n2)c(-n2cc(Cl)c(-c3ccc(Cl)cc3)n2)c1. The summed E-state index contributed by atoms with van der Waals surface area (Å²) in [6.45, 7) is 0. The first-order chi connectivity index (χ1) is 17.1. The minimum atomic E-state index is -4.00. The number of sulfonamides is 1. The minimum Gasteiger partial charge on any atom is -0.237 e. The Morgan fingerprint density at radius 1 is 0.639 bits per heavy atom. The van der Waals surface area contributed by atoms with E-state index in [-0.39, 0.29) is 4.90 Å². The highest BCUT2D eigenvalue weighted by molar-refractivity contribution is 7.89. The van der Waals surface area contributed by atoms with E-state index in [2.05, 4.69) is 10.2 Å². The summed E-state index contributed by atoms with van der Waals surface area (Å²) >= 11 is 25.0. The van der Waals surface area contributed by atoms with Crippen molar-refractivity contribution in [2.75, 3.05) is 0 Å². The van der Waals surface area contributed by atoms with Crippen molar-refractivity contribution in [1.29, 1.82) is 0 Å². The van der Waals surface area contributed by atoms with Crippen LogP contribution in [0.15, 0.2) is 84.0 Å². The molecule has 0 saturated carbocycles. The van der Waals surface area contributed by atoms with Crippen molar-refractivity contribution in [2.24, 2.45) is 5.14 Å². The van der Waals surface area contributed by atoms with Gasteiger partial charge in [0, 0.05) is 21.2 Å². The molecule has 0 bridgehead atoms. The molecule has 2 N–H and O–H groups in total. The Balaban J connectivity index is 1.67. The van der Waals surface area contributed by atoms with Crippen molar-refractivity contribution in [1.82, 2.24) is 19.6 Å². The fraction of sp³-hybridized carbons (Fsp3) is 0. The maximum absolute atomic E-state index is 12.1. The second kappa shape index (κ2) is 9.55. The summed E-state index contributed by atoms with van der Waals surface area (Å²) in [6, 6.07) is 18.5. The summed E-state index contributed by atoms with van der Waals surface area (Å²) < 4.78 is 27.2.